The number of halogens is 3. The van der Waals surface area contributed by atoms with E-state index in [9.17, 15) is 4.79 Å². The number of thioether (sulfide) groups is 1. The lowest BCUT2D eigenvalue weighted by molar-refractivity contribution is 0.0768. The Morgan fingerprint density at radius 3 is 2.45 bits per heavy atom. The summed E-state index contributed by atoms with van der Waals surface area (Å²) in [6.07, 6.45) is 6.34. The molecule has 3 heterocycles. The molecule has 172 valence electrons. The molecule has 0 unspecified atom stereocenters. The molecule has 0 N–H and O–H groups in total. The number of likely N-dealkylation sites (tertiary alicyclic amines) is 1. The van der Waals surface area contributed by atoms with Crippen molar-refractivity contribution in [2.24, 2.45) is 5.92 Å². The van der Waals surface area contributed by atoms with Gasteiger partial charge in [-0.25, -0.2) is 15.0 Å². The van der Waals surface area contributed by atoms with Crippen LogP contribution >= 0.6 is 46.6 Å². The molecule has 0 radical (unpaired) electrons. The number of aromatic nitrogens is 3. The molecule has 0 saturated carbocycles. The first kappa shape index (κ1) is 24.1. The second-order valence-corrected chi connectivity index (χ2v) is 9.77. The molecule has 0 spiro atoms. The Morgan fingerprint density at radius 2 is 1.82 bits per heavy atom. The zero-order chi connectivity index (χ0) is 23.5. The first-order chi connectivity index (χ1) is 15.9. The van der Waals surface area contributed by atoms with Gasteiger partial charge in [0.15, 0.2) is 5.16 Å². The summed E-state index contributed by atoms with van der Waals surface area (Å²) in [5.74, 6) is 0.352. The van der Waals surface area contributed by atoms with Gasteiger partial charge in [-0.15, -0.1) is 0 Å². The minimum Gasteiger partial charge on any atom is -0.474 e. The summed E-state index contributed by atoms with van der Waals surface area (Å²) in [5.41, 5.74) is 1.45. The molecule has 1 amide bonds. The predicted molar refractivity (Wildman–Crippen MR) is 132 cm³/mol. The van der Waals surface area contributed by atoms with Crippen LogP contribution in [-0.2, 0) is 0 Å². The lowest BCUT2D eigenvalue weighted by Crippen LogP contribution is -2.32. The highest BCUT2D eigenvalue weighted by atomic mass is 35.5. The maximum absolute atomic E-state index is 13.2. The Labute approximate surface area is 211 Å². The highest BCUT2D eigenvalue weighted by Crippen LogP contribution is 2.38. The molecule has 10 heteroatoms. The second-order valence-electron chi connectivity index (χ2n) is 7.75. The molecule has 1 aromatic carbocycles. The lowest BCUT2D eigenvalue weighted by atomic mass is 9.86. The van der Waals surface area contributed by atoms with Crippen LogP contribution in [0.25, 0.3) is 0 Å². The van der Waals surface area contributed by atoms with E-state index in [4.69, 9.17) is 39.5 Å². The second kappa shape index (κ2) is 10.5. The Bertz CT molecular complexity index is 1130. The molecule has 0 aliphatic carbocycles. The first-order valence-corrected chi connectivity index (χ1v) is 12.6. The van der Waals surface area contributed by atoms with Crippen LogP contribution in [0.15, 0.2) is 54.1 Å². The van der Waals surface area contributed by atoms with Gasteiger partial charge < -0.3 is 9.64 Å². The summed E-state index contributed by atoms with van der Waals surface area (Å²) in [6, 6.07) is 9.05. The highest BCUT2D eigenvalue weighted by Gasteiger charge is 2.40. The zero-order valence-electron chi connectivity index (χ0n) is 17.9. The van der Waals surface area contributed by atoms with E-state index in [0.717, 1.165) is 5.56 Å². The highest BCUT2D eigenvalue weighted by molar-refractivity contribution is 7.98. The molecule has 2 aromatic heterocycles. The summed E-state index contributed by atoms with van der Waals surface area (Å²) in [6.45, 7) is 2.99. The number of rotatable bonds is 6. The molecule has 6 nitrogen and oxygen atoms in total. The van der Waals surface area contributed by atoms with Gasteiger partial charge in [0.1, 0.15) is 6.10 Å². The van der Waals surface area contributed by atoms with E-state index in [-0.39, 0.29) is 23.8 Å². The van der Waals surface area contributed by atoms with Crippen molar-refractivity contribution in [2.75, 3.05) is 19.3 Å². The molecule has 1 aliphatic rings. The number of carbonyl (C=O) groups excluding carboxylic acids is 1. The van der Waals surface area contributed by atoms with Crippen LogP contribution < -0.4 is 4.74 Å². The van der Waals surface area contributed by atoms with Crippen molar-refractivity contribution in [3.05, 3.63) is 75.1 Å². The van der Waals surface area contributed by atoms with Gasteiger partial charge in [0.2, 0.25) is 5.88 Å². The normalized spacial score (nSPS) is 18.9. The predicted octanol–water partition coefficient (Wildman–Crippen LogP) is 5.88. The molecule has 1 saturated heterocycles. The third-order valence-corrected chi connectivity index (χ3v) is 7.23. The smallest absolute Gasteiger partial charge is 0.257 e. The fourth-order valence-electron chi connectivity index (χ4n) is 3.99. The average molecular weight is 524 g/mol. The molecule has 1 fully saturated rings. The average Bonchev–Trinajstić information content (AvgIpc) is 3.27. The van der Waals surface area contributed by atoms with E-state index in [1.54, 1.807) is 36.8 Å². The molecule has 3 atom stereocenters. The van der Waals surface area contributed by atoms with Crippen molar-refractivity contribution >= 4 is 52.5 Å². The molecule has 33 heavy (non-hydrogen) atoms. The van der Waals surface area contributed by atoms with E-state index in [1.807, 2.05) is 30.2 Å². The van der Waals surface area contributed by atoms with Crippen molar-refractivity contribution in [1.82, 2.24) is 19.9 Å². The van der Waals surface area contributed by atoms with Crippen LogP contribution in [0, 0.1) is 5.92 Å². The Balaban J connectivity index is 1.60. The Morgan fingerprint density at radius 1 is 1.06 bits per heavy atom. The van der Waals surface area contributed by atoms with Gasteiger partial charge in [-0.2, -0.15) is 0 Å². The maximum atomic E-state index is 13.2. The molecule has 0 bridgehead atoms. The number of nitrogens with zero attached hydrogens (tertiary/aromatic N) is 4. The topological polar surface area (TPSA) is 68.2 Å². The van der Waals surface area contributed by atoms with Gasteiger partial charge in [-0.3, -0.25) is 4.79 Å². The monoisotopic (exact) mass is 522 g/mol. The fraction of sp³-hybridized carbons (Fsp3) is 0.304. The number of ether oxygens (including phenoxy) is 1. The van der Waals surface area contributed by atoms with Crippen molar-refractivity contribution in [3.8, 4) is 5.88 Å². The number of benzene rings is 1. The number of hydrogen-bond donors (Lipinski definition) is 0. The van der Waals surface area contributed by atoms with E-state index in [0.29, 0.717) is 44.8 Å². The lowest BCUT2D eigenvalue weighted by Gasteiger charge is -2.25. The maximum Gasteiger partial charge on any atom is 0.257 e. The summed E-state index contributed by atoms with van der Waals surface area (Å²) in [4.78, 5) is 27.7. The Kier molecular flexibility index (Phi) is 7.64. The summed E-state index contributed by atoms with van der Waals surface area (Å²) in [7, 11) is 0. The summed E-state index contributed by atoms with van der Waals surface area (Å²) < 4.78 is 6.13. The van der Waals surface area contributed by atoms with E-state index in [2.05, 4.69) is 15.0 Å². The quantitative estimate of drug-likeness (QED) is 0.297. The van der Waals surface area contributed by atoms with Gasteiger partial charge in [0.05, 0.1) is 20.6 Å². The van der Waals surface area contributed by atoms with E-state index in [1.165, 1.54) is 11.8 Å². The summed E-state index contributed by atoms with van der Waals surface area (Å²) in [5, 5.41) is 2.13. The number of hydrogen-bond acceptors (Lipinski definition) is 6. The van der Waals surface area contributed by atoms with Gasteiger partial charge in [0.25, 0.3) is 5.91 Å². The van der Waals surface area contributed by atoms with Crippen molar-refractivity contribution < 1.29 is 9.53 Å². The number of pyridine rings is 1. The molecule has 3 aromatic rings. The number of carbonyl (C=O) groups is 1. The van der Waals surface area contributed by atoms with Gasteiger partial charge in [0, 0.05) is 49.6 Å². The standard InChI is InChI=1S/C23H21Cl3N4O2S/c1-13(32-21-6-4-16(24)10-27-21)17-11-30(22(31)15-8-28-23(33-2)29-9-15)12-18(17)14-3-5-19(25)20(26)7-14/h3-10,13,17-18H,11-12H2,1-2H3/t13-,17-,18+/m0/s1. The number of amides is 1. The van der Waals surface area contributed by atoms with Gasteiger partial charge >= 0.3 is 0 Å². The van der Waals surface area contributed by atoms with Crippen LogP contribution in [0.2, 0.25) is 15.1 Å². The fourth-order valence-corrected chi connectivity index (χ4v) is 4.73. The van der Waals surface area contributed by atoms with Crippen molar-refractivity contribution in [3.63, 3.8) is 0 Å². The van der Waals surface area contributed by atoms with Crippen LogP contribution in [-0.4, -0.2) is 51.2 Å². The third-order valence-electron chi connectivity index (χ3n) is 5.69. The SMILES string of the molecule is CSc1ncc(C(=O)N2C[C@@H]([C@H](C)Oc3ccc(Cl)cn3)[C@@H](c3ccc(Cl)c(Cl)c3)C2)cn1. The van der Waals surface area contributed by atoms with Crippen molar-refractivity contribution in [1.29, 1.82) is 0 Å². The molecular formula is C23H21Cl3N4O2S. The minimum absolute atomic E-state index is 0.00240. The first-order valence-electron chi connectivity index (χ1n) is 10.2. The molecule has 1 aliphatic heterocycles. The minimum atomic E-state index is -0.231. The Hall–Kier alpha value is -2.06. The molecular weight excluding hydrogens is 503 g/mol. The van der Waals surface area contributed by atoms with Gasteiger partial charge in [-0.1, -0.05) is 52.6 Å². The van der Waals surface area contributed by atoms with Crippen molar-refractivity contribution in [2.45, 2.75) is 24.1 Å². The van der Waals surface area contributed by atoms with E-state index < -0.39 is 0 Å². The summed E-state index contributed by atoms with van der Waals surface area (Å²) >= 11 is 19.8. The third kappa shape index (κ3) is 5.54. The van der Waals surface area contributed by atoms with Gasteiger partial charge in [-0.05, 0) is 36.9 Å². The zero-order valence-corrected chi connectivity index (χ0v) is 21.0. The largest absolute Gasteiger partial charge is 0.474 e. The van der Waals surface area contributed by atoms with E-state index >= 15 is 0 Å². The van der Waals surface area contributed by atoms with Crippen LogP contribution in [0.3, 0.4) is 0 Å². The molecule has 4 rings (SSSR count). The van der Waals surface area contributed by atoms with Crippen LogP contribution in [0.1, 0.15) is 28.8 Å². The van der Waals surface area contributed by atoms with Crippen LogP contribution in [0.5, 0.6) is 5.88 Å². The van der Waals surface area contributed by atoms with Crippen LogP contribution in [0.4, 0.5) is 0 Å².